The Morgan fingerprint density at radius 2 is 2.21 bits per heavy atom. The number of carbonyl (C=O) groups excluding carboxylic acids is 1. The fourth-order valence-corrected chi connectivity index (χ4v) is 1.01. The van der Waals surface area contributed by atoms with Crippen molar-refractivity contribution >= 4 is 5.91 Å². The second kappa shape index (κ2) is 5.34. The highest BCUT2D eigenvalue weighted by atomic mass is 16.1. The SMILES string of the molecule is CNCCNC(=O)c1ccc(C)nc1. The average Bonchev–Trinajstić information content (AvgIpc) is 2.19. The monoisotopic (exact) mass is 193 g/mol. The van der Waals surface area contributed by atoms with E-state index in [4.69, 9.17) is 0 Å². The van der Waals surface area contributed by atoms with Crippen molar-refractivity contribution in [1.29, 1.82) is 0 Å². The molecule has 1 heterocycles. The number of hydrogen-bond donors (Lipinski definition) is 2. The number of likely N-dealkylation sites (N-methyl/N-ethyl adjacent to an activating group) is 1. The standard InChI is InChI=1S/C10H15N3O/c1-8-3-4-9(7-13-8)10(14)12-6-5-11-2/h3-4,7,11H,5-6H2,1-2H3,(H,12,14). The Labute approximate surface area is 83.7 Å². The molecule has 2 N–H and O–H groups in total. The largest absolute Gasteiger partial charge is 0.351 e. The van der Waals surface area contributed by atoms with Gasteiger partial charge in [-0.3, -0.25) is 9.78 Å². The van der Waals surface area contributed by atoms with Gasteiger partial charge in [0.15, 0.2) is 0 Å². The van der Waals surface area contributed by atoms with E-state index in [1.54, 1.807) is 12.3 Å². The van der Waals surface area contributed by atoms with Crippen molar-refractivity contribution in [1.82, 2.24) is 15.6 Å². The molecule has 0 bridgehead atoms. The predicted molar refractivity (Wildman–Crippen MR) is 55.2 cm³/mol. The van der Waals surface area contributed by atoms with Gasteiger partial charge in [0.05, 0.1) is 5.56 Å². The molecule has 4 heteroatoms. The van der Waals surface area contributed by atoms with Crippen LogP contribution in [0.4, 0.5) is 0 Å². The molecule has 1 aromatic rings. The highest BCUT2D eigenvalue weighted by molar-refractivity contribution is 5.93. The van der Waals surface area contributed by atoms with Crippen LogP contribution >= 0.6 is 0 Å². The van der Waals surface area contributed by atoms with Crippen LogP contribution in [0, 0.1) is 6.92 Å². The molecular weight excluding hydrogens is 178 g/mol. The normalized spacial score (nSPS) is 9.86. The topological polar surface area (TPSA) is 54.0 Å². The first-order valence-electron chi connectivity index (χ1n) is 4.59. The lowest BCUT2D eigenvalue weighted by Gasteiger charge is -2.04. The zero-order valence-electron chi connectivity index (χ0n) is 8.50. The van der Waals surface area contributed by atoms with Crippen LogP contribution in [0.5, 0.6) is 0 Å². The summed E-state index contributed by atoms with van der Waals surface area (Å²) in [4.78, 5) is 15.5. The van der Waals surface area contributed by atoms with E-state index in [-0.39, 0.29) is 5.91 Å². The van der Waals surface area contributed by atoms with Gasteiger partial charge < -0.3 is 10.6 Å². The van der Waals surface area contributed by atoms with Crippen LogP contribution in [-0.4, -0.2) is 31.0 Å². The Morgan fingerprint density at radius 1 is 1.43 bits per heavy atom. The highest BCUT2D eigenvalue weighted by Gasteiger charge is 2.03. The van der Waals surface area contributed by atoms with Crippen molar-refractivity contribution in [3.05, 3.63) is 29.6 Å². The molecule has 4 nitrogen and oxygen atoms in total. The van der Waals surface area contributed by atoms with E-state index in [9.17, 15) is 4.79 Å². The van der Waals surface area contributed by atoms with Gasteiger partial charge in [0.2, 0.25) is 0 Å². The summed E-state index contributed by atoms with van der Waals surface area (Å²) in [5.74, 6) is -0.0762. The van der Waals surface area contributed by atoms with Gasteiger partial charge in [-0.05, 0) is 26.1 Å². The molecule has 14 heavy (non-hydrogen) atoms. The van der Waals surface area contributed by atoms with Gasteiger partial charge >= 0.3 is 0 Å². The predicted octanol–water partition coefficient (Wildman–Crippen LogP) is 0.339. The molecule has 0 radical (unpaired) electrons. The Kier molecular flexibility index (Phi) is 4.07. The molecule has 0 aliphatic heterocycles. The van der Waals surface area contributed by atoms with E-state index in [1.807, 2.05) is 20.0 Å². The lowest BCUT2D eigenvalue weighted by atomic mass is 10.2. The minimum Gasteiger partial charge on any atom is -0.351 e. The van der Waals surface area contributed by atoms with Crippen LogP contribution < -0.4 is 10.6 Å². The summed E-state index contributed by atoms with van der Waals surface area (Å²) >= 11 is 0. The lowest BCUT2D eigenvalue weighted by Crippen LogP contribution is -2.30. The maximum absolute atomic E-state index is 11.5. The molecule has 1 aromatic heterocycles. The van der Waals surface area contributed by atoms with E-state index in [1.165, 1.54) is 0 Å². The van der Waals surface area contributed by atoms with Gasteiger partial charge in [0.25, 0.3) is 5.91 Å². The zero-order chi connectivity index (χ0) is 10.4. The van der Waals surface area contributed by atoms with Crippen molar-refractivity contribution in [3.8, 4) is 0 Å². The van der Waals surface area contributed by atoms with Gasteiger partial charge in [-0.2, -0.15) is 0 Å². The number of nitrogens with one attached hydrogen (secondary N) is 2. The second-order valence-corrected chi connectivity index (χ2v) is 3.05. The zero-order valence-corrected chi connectivity index (χ0v) is 8.50. The molecule has 0 fully saturated rings. The number of hydrogen-bond acceptors (Lipinski definition) is 3. The molecule has 0 atom stereocenters. The van der Waals surface area contributed by atoms with E-state index >= 15 is 0 Å². The number of pyridine rings is 1. The Hall–Kier alpha value is -1.42. The molecule has 0 saturated heterocycles. The molecule has 0 aliphatic carbocycles. The Balaban J connectivity index is 2.48. The fourth-order valence-electron chi connectivity index (χ4n) is 1.01. The third-order valence-electron chi connectivity index (χ3n) is 1.83. The summed E-state index contributed by atoms with van der Waals surface area (Å²) in [6.07, 6.45) is 1.59. The quantitative estimate of drug-likeness (QED) is 0.678. The number of carbonyl (C=O) groups is 1. The van der Waals surface area contributed by atoms with Crippen molar-refractivity contribution in [2.24, 2.45) is 0 Å². The van der Waals surface area contributed by atoms with E-state index in [2.05, 4.69) is 15.6 Å². The first kappa shape index (κ1) is 10.7. The van der Waals surface area contributed by atoms with Crippen LogP contribution in [0.1, 0.15) is 16.1 Å². The second-order valence-electron chi connectivity index (χ2n) is 3.05. The average molecular weight is 193 g/mol. The van der Waals surface area contributed by atoms with Crippen molar-refractivity contribution in [2.75, 3.05) is 20.1 Å². The molecule has 0 aromatic carbocycles. The van der Waals surface area contributed by atoms with Gasteiger partial charge in [0.1, 0.15) is 0 Å². The summed E-state index contributed by atoms with van der Waals surface area (Å²) < 4.78 is 0. The summed E-state index contributed by atoms with van der Waals surface area (Å²) in [5.41, 5.74) is 1.52. The van der Waals surface area contributed by atoms with Crippen molar-refractivity contribution in [3.63, 3.8) is 0 Å². The first-order valence-corrected chi connectivity index (χ1v) is 4.59. The number of aromatic nitrogens is 1. The number of amides is 1. The molecular formula is C10H15N3O. The lowest BCUT2D eigenvalue weighted by molar-refractivity contribution is 0.0954. The van der Waals surface area contributed by atoms with Crippen LogP contribution in [0.15, 0.2) is 18.3 Å². The van der Waals surface area contributed by atoms with Gasteiger partial charge in [-0.1, -0.05) is 0 Å². The maximum Gasteiger partial charge on any atom is 0.252 e. The summed E-state index contributed by atoms with van der Waals surface area (Å²) in [6.45, 7) is 3.29. The number of nitrogens with zero attached hydrogens (tertiary/aromatic N) is 1. The third-order valence-corrected chi connectivity index (χ3v) is 1.83. The molecule has 1 rings (SSSR count). The summed E-state index contributed by atoms with van der Waals surface area (Å²) in [6, 6.07) is 3.60. The van der Waals surface area contributed by atoms with Crippen molar-refractivity contribution in [2.45, 2.75) is 6.92 Å². The Morgan fingerprint density at radius 3 is 2.79 bits per heavy atom. The molecule has 76 valence electrons. The molecule has 0 saturated carbocycles. The number of rotatable bonds is 4. The minimum atomic E-state index is -0.0762. The maximum atomic E-state index is 11.5. The van der Waals surface area contributed by atoms with Gasteiger partial charge in [-0.25, -0.2) is 0 Å². The fraction of sp³-hybridized carbons (Fsp3) is 0.400. The van der Waals surface area contributed by atoms with Gasteiger partial charge in [-0.15, -0.1) is 0 Å². The van der Waals surface area contributed by atoms with Crippen LogP contribution in [0.2, 0.25) is 0 Å². The first-order chi connectivity index (χ1) is 6.74. The molecule has 1 amide bonds. The van der Waals surface area contributed by atoms with Crippen molar-refractivity contribution < 1.29 is 4.79 Å². The third kappa shape index (κ3) is 3.14. The smallest absolute Gasteiger partial charge is 0.252 e. The van der Waals surface area contributed by atoms with Crippen LogP contribution in [-0.2, 0) is 0 Å². The Bertz CT molecular complexity index is 295. The molecule has 0 spiro atoms. The highest BCUT2D eigenvalue weighted by Crippen LogP contribution is 1.98. The van der Waals surface area contributed by atoms with Gasteiger partial charge in [0, 0.05) is 25.0 Å². The van der Waals surface area contributed by atoms with E-state index < -0.39 is 0 Å². The molecule has 0 aliphatic rings. The number of aryl methyl sites for hydroxylation is 1. The minimum absolute atomic E-state index is 0.0762. The summed E-state index contributed by atoms with van der Waals surface area (Å²) in [5, 5.41) is 5.73. The molecule has 0 unspecified atom stereocenters. The van der Waals surface area contributed by atoms with Crippen LogP contribution in [0.25, 0.3) is 0 Å². The van der Waals surface area contributed by atoms with Crippen LogP contribution in [0.3, 0.4) is 0 Å². The summed E-state index contributed by atoms with van der Waals surface area (Å²) in [7, 11) is 1.85. The van der Waals surface area contributed by atoms with E-state index in [0.717, 1.165) is 12.2 Å². The van der Waals surface area contributed by atoms with E-state index in [0.29, 0.717) is 12.1 Å².